The first kappa shape index (κ1) is 21.8. The molecule has 3 aromatic rings. The number of ether oxygens (including phenoxy) is 2. The van der Waals surface area contributed by atoms with Gasteiger partial charge in [-0.25, -0.2) is 4.98 Å². The van der Waals surface area contributed by atoms with Crippen molar-refractivity contribution in [3.8, 4) is 22.9 Å². The predicted molar refractivity (Wildman–Crippen MR) is 127 cm³/mol. The molecule has 2 saturated heterocycles. The average molecular weight is 477 g/mol. The predicted octanol–water partition coefficient (Wildman–Crippen LogP) is 2.87. The van der Waals surface area contributed by atoms with E-state index in [1.807, 2.05) is 29.2 Å². The van der Waals surface area contributed by atoms with Gasteiger partial charge in [-0.3, -0.25) is 9.69 Å². The highest BCUT2D eigenvalue weighted by atomic mass is 16.7. The molecule has 1 amide bonds. The number of anilines is 1. The molecule has 0 bridgehead atoms. The van der Waals surface area contributed by atoms with Crippen molar-refractivity contribution in [3.05, 3.63) is 48.0 Å². The fraction of sp³-hybridized carbons (Fsp3) is 0.440. The Bertz CT molecular complexity index is 1220. The fourth-order valence-electron chi connectivity index (χ4n) is 5.04. The van der Waals surface area contributed by atoms with Crippen molar-refractivity contribution in [2.45, 2.75) is 32.4 Å². The van der Waals surface area contributed by atoms with Gasteiger partial charge in [-0.1, -0.05) is 11.2 Å². The molecule has 5 heterocycles. The summed E-state index contributed by atoms with van der Waals surface area (Å²) < 4.78 is 16.7. The van der Waals surface area contributed by atoms with Crippen LogP contribution in [0.5, 0.6) is 11.5 Å². The van der Waals surface area contributed by atoms with Crippen molar-refractivity contribution in [1.82, 2.24) is 24.9 Å². The minimum absolute atomic E-state index is 0.0858. The van der Waals surface area contributed by atoms with Crippen LogP contribution in [0.4, 0.5) is 5.82 Å². The lowest BCUT2D eigenvalue weighted by Crippen LogP contribution is -2.48. The van der Waals surface area contributed by atoms with Crippen LogP contribution >= 0.6 is 0 Å². The molecule has 0 radical (unpaired) electrons. The van der Waals surface area contributed by atoms with Crippen LogP contribution in [0.2, 0.25) is 0 Å². The monoisotopic (exact) mass is 476 g/mol. The van der Waals surface area contributed by atoms with E-state index in [0.29, 0.717) is 24.8 Å². The zero-order valence-corrected chi connectivity index (χ0v) is 19.7. The van der Waals surface area contributed by atoms with Gasteiger partial charge in [0.2, 0.25) is 24.4 Å². The summed E-state index contributed by atoms with van der Waals surface area (Å²) in [7, 11) is 0. The number of piperazine rings is 1. The third-order valence-corrected chi connectivity index (χ3v) is 6.97. The highest BCUT2D eigenvalue weighted by Crippen LogP contribution is 2.36. The summed E-state index contributed by atoms with van der Waals surface area (Å²) in [6, 6.07) is 10.1. The molecule has 2 aromatic heterocycles. The lowest BCUT2D eigenvalue weighted by atomic mass is 10.1. The van der Waals surface area contributed by atoms with E-state index in [0.717, 1.165) is 61.9 Å². The molecular weight excluding hydrogens is 448 g/mol. The molecule has 3 aliphatic rings. The number of carbonyl (C=O) groups is 1. The maximum atomic E-state index is 11.6. The fourth-order valence-corrected chi connectivity index (χ4v) is 5.04. The Morgan fingerprint density at radius 3 is 2.77 bits per heavy atom. The third kappa shape index (κ3) is 4.41. The first-order valence-corrected chi connectivity index (χ1v) is 12.1. The minimum Gasteiger partial charge on any atom is -0.454 e. The summed E-state index contributed by atoms with van der Waals surface area (Å²) in [5, 5.41) is 4.29. The van der Waals surface area contributed by atoms with E-state index in [1.165, 1.54) is 5.56 Å². The molecule has 35 heavy (non-hydrogen) atoms. The van der Waals surface area contributed by atoms with E-state index in [2.05, 4.69) is 26.0 Å². The Kier molecular flexibility index (Phi) is 5.73. The summed E-state index contributed by atoms with van der Waals surface area (Å²) in [6.45, 7) is 6.56. The van der Waals surface area contributed by atoms with Crippen molar-refractivity contribution in [1.29, 1.82) is 0 Å². The lowest BCUT2D eigenvalue weighted by Gasteiger charge is -2.34. The summed E-state index contributed by atoms with van der Waals surface area (Å²) in [6.07, 6.45) is 3.84. The van der Waals surface area contributed by atoms with Crippen molar-refractivity contribution >= 4 is 11.7 Å². The number of likely N-dealkylation sites (tertiary alicyclic amines) is 1. The second-order valence-electron chi connectivity index (χ2n) is 9.17. The van der Waals surface area contributed by atoms with Gasteiger partial charge in [-0.2, -0.15) is 4.98 Å². The van der Waals surface area contributed by atoms with Crippen LogP contribution in [-0.4, -0.2) is 70.3 Å². The summed E-state index contributed by atoms with van der Waals surface area (Å²) >= 11 is 0. The Labute approximate surface area is 203 Å². The Morgan fingerprint density at radius 2 is 1.91 bits per heavy atom. The molecule has 0 aliphatic carbocycles. The van der Waals surface area contributed by atoms with Gasteiger partial charge in [0.25, 0.3) is 0 Å². The molecule has 3 aliphatic heterocycles. The highest BCUT2D eigenvalue weighted by Gasteiger charge is 2.31. The van der Waals surface area contributed by atoms with Gasteiger partial charge < -0.3 is 23.8 Å². The minimum atomic E-state index is 0.0858. The number of carbonyl (C=O) groups excluding carboxylic acids is 1. The van der Waals surface area contributed by atoms with Gasteiger partial charge in [0.05, 0.1) is 6.04 Å². The number of aromatic nitrogens is 3. The van der Waals surface area contributed by atoms with E-state index < -0.39 is 0 Å². The molecule has 10 nitrogen and oxygen atoms in total. The second-order valence-corrected chi connectivity index (χ2v) is 9.17. The largest absolute Gasteiger partial charge is 0.454 e. The van der Waals surface area contributed by atoms with Crippen LogP contribution in [0.1, 0.15) is 37.3 Å². The van der Waals surface area contributed by atoms with Crippen LogP contribution in [-0.2, 0) is 11.3 Å². The number of benzene rings is 1. The summed E-state index contributed by atoms with van der Waals surface area (Å²) in [5.41, 5.74) is 2.05. The maximum Gasteiger partial charge on any atom is 0.244 e. The van der Waals surface area contributed by atoms with E-state index in [1.54, 1.807) is 13.1 Å². The number of hydrogen-bond acceptors (Lipinski definition) is 9. The van der Waals surface area contributed by atoms with Gasteiger partial charge >= 0.3 is 0 Å². The summed E-state index contributed by atoms with van der Waals surface area (Å²) in [4.78, 5) is 27.3. The highest BCUT2D eigenvalue weighted by molar-refractivity contribution is 5.73. The molecule has 6 rings (SSSR count). The Morgan fingerprint density at radius 1 is 1.06 bits per heavy atom. The molecule has 0 spiro atoms. The van der Waals surface area contributed by atoms with Gasteiger partial charge in [0.1, 0.15) is 5.82 Å². The van der Waals surface area contributed by atoms with Gasteiger partial charge in [0, 0.05) is 51.4 Å². The first-order chi connectivity index (χ1) is 17.1. The zero-order chi connectivity index (χ0) is 23.8. The Balaban J connectivity index is 1.15. The second kappa shape index (κ2) is 9.18. The summed E-state index contributed by atoms with van der Waals surface area (Å²) in [5.74, 6) is 3.79. The van der Waals surface area contributed by atoms with Crippen molar-refractivity contribution in [3.63, 3.8) is 0 Å². The van der Waals surface area contributed by atoms with Gasteiger partial charge in [0.15, 0.2) is 11.5 Å². The van der Waals surface area contributed by atoms with E-state index in [-0.39, 0.29) is 18.7 Å². The molecule has 1 atom stereocenters. The van der Waals surface area contributed by atoms with E-state index in [9.17, 15) is 4.79 Å². The Hall–Kier alpha value is -3.66. The number of fused-ring (bicyclic) bond motifs is 1. The molecule has 1 unspecified atom stereocenters. The van der Waals surface area contributed by atoms with E-state index in [4.69, 9.17) is 19.0 Å². The molecular formula is C25H28N6O4. The maximum absolute atomic E-state index is 11.6. The molecule has 182 valence electrons. The molecule has 0 N–H and O–H groups in total. The lowest BCUT2D eigenvalue weighted by molar-refractivity contribution is -0.129. The quantitative estimate of drug-likeness (QED) is 0.551. The zero-order valence-electron chi connectivity index (χ0n) is 19.7. The van der Waals surface area contributed by atoms with Gasteiger partial charge in [-0.15, -0.1) is 0 Å². The normalized spacial score (nSPS) is 20.0. The van der Waals surface area contributed by atoms with Gasteiger partial charge in [-0.05, 0) is 49.2 Å². The van der Waals surface area contributed by atoms with Crippen LogP contribution in [0.15, 0.2) is 41.1 Å². The molecule has 1 aromatic carbocycles. The van der Waals surface area contributed by atoms with Crippen LogP contribution < -0.4 is 14.4 Å². The first-order valence-electron chi connectivity index (χ1n) is 12.1. The molecule has 2 fully saturated rings. The molecule has 10 heteroatoms. The van der Waals surface area contributed by atoms with Crippen molar-refractivity contribution < 1.29 is 18.8 Å². The van der Waals surface area contributed by atoms with Crippen LogP contribution in [0, 0.1) is 0 Å². The SMILES string of the molecule is CC(=O)N1CCN(c2cc(-c3noc(C4CCCN4Cc4ccc5c(c4)OCO5)n3)ccn2)CC1. The van der Waals surface area contributed by atoms with Crippen LogP contribution in [0.3, 0.4) is 0 Å². The molecule has 0 saturated carbocycles. The van der Waals surface area contributed by atoms with Crippen molar-refractivity contribution in [2.75, 3.05) is 44.4 Å². The standard InChI is InChI=1S/C25H28N6O4/c1-17(32)29-9-11-30(12-10-29)23-14-19(6-7-26-23)24-27-25(35-28-24)20-3-2-8-31(20)15-18-4-5-21-22(13-18)34-16-33-21/h4-7,13-14,20H,2-3,8-12,15-16H2,1H3. The smallest absolute Gasteiger partial charge is 0.244 e. The van der Waals surface area contributed by atoms with Crippen LogP contribution in [0.25, 0.3) is 11.4 Å². The van der Waals surface area contributed by atoms with E-state index >= 15 is 0 Å². The number of nitrogens with zero attached hydrogens (tertiary/aromatic N) is 6. The third-order valence-electron chi connectivity index (χ3n) is 6.97. The number of pyridine rings is 1. The average Bonchev–Trinajstić information content (AvgIpc) is 3.65. The number of hydrogen-bond donors (Lipinski definition) is 0. The van der Waals surface area contributed by atoms with Crippen molar-refractivity contribution in [2.24, 2.45) is 0 Å². The topological polar surface area (TPSA) is 97.1 Å². The number of rotatable bonds is 5. The number of amides is 1.